The van der Waals surface area contributed by atoms with Gasteiger partial charge in [-0.25, -0.2) is 0 Å². The van der Waals surface area contributed by atoms with E-state index in [2.05, 4.69) is 51.8 Å². The number of nitrogens with zero attached hydrogens (tertiary/aromatic N) is 4. The summed E-state index contributed by atoms with van der Waals surface area (Å²) >= 11 is 0. The predicted octanol–water partition coefficient (Wildman–Crippen LogP) is 3.06. The van der Waals surface area contributed by atoms with Crippen molar-refractivity contribution < 1.29 is 4.74 Å². The van der Waals surface area contributed by atoms with Gasteiger partial charge in [0, 0.05) is 32.0 Å². The van der Waals surface area contributed by atoms with Crippen LogP contribution in [-0.2, 0) is 6.54 Å². The number of hydrogen-bond acceptors (Lipinski definition) is 4. The maximum atomic E-state index is 5.34. The van der Waals surface area contributed by atoms with Crippen molar-refractivity contribution in [1.82, 2.24) is 25.3 Å². The average molecular weight is 413 g/mol. The number of methoxy groups -OCH3 is 1. The number of aryl methyl sites for hydroxylation is 1. The van der Waals surface area contributed by atoms with Crippen LogP contribution in [0.25, 0.3) is 0 Å². The van der Waals surface area contributed by atoms with Crippen molar-refractivity contribution in [1.29, 1.82) is 0 Å². The summed E-state index contributed by atoms with van der Waals surface area (Å²) in [6.45, 7) is 7.74. The van der Waals surface area contributed by atoms with Crippen LogP contribution in [-0.4, -0.2) is 60.5 Å². The van der Waals surface area contributed by atoms with Gasteiger partial charge in [0.2, 0.25) is 0 Å². The number of guanidine groups is 1. The SMILES string of the molecule is CCNC(=NCC(c1ccc(OC)cc1)N1CCCCC1)NCCCn1cccn1. The number of piperidine rings is 1. The molecule has 1 fully saturated rings. The van der Waals surface area contributed by atoms with Crippen LogP contribution in [0.1, 0.15) is 44.2 Å². The molecule has 7 heteroatoms. The van der Waals surface area contributed by atoms with Crippen molar-refractivity contribution in [2.75, 3.05) is 39.8 Å². The fraction of sp³-hybridized carbons (Fsp3) is 0.565. The van der Waals surface area contributed by atoms with E-state index in [0.717, 1.165) is 57.4 Å². The van der Waals surface area contributed by atoms with Gasteiger partial charge in [-0.3, -0.25) is 14.6 Å². The second kappa shape index (κ2) is 12.2. The van der Waals surface area contributed by atoms with Crippen molar-refractivity contribution in [3.63, 3.8) is 0 Å². The first-order valence-electron chi connectivity index (χ1n) is 11.2. The zero-order chi connectivity index (χ0) is 21.0. The zero-order valence-corrected chi connectivity index (χ0v) is 18.4. The first-order chi connectivity index (χ1) is 14.8. The summed E-state index contributed by atoms with van der Waals surface area (Å²) in [5.41, 5.74) is 1.30. The minimum atomic E-state index is 0.288. The molecule has 7 nitrogen and oxygen atoms in total. The van der Waals surface area contributed by atoms with Gasteiger partial charge in [-0.05, 0) is 63.0 Å². The van der Waals surface area contributed by atoms with E-state index in [9.17, 15) is 0 Å². The van der Waals surface area contributed by atoms with Gasteiger partial charge in [-0.1, -0.05) is 18.6 Å². The van der Waals surface area contributed by atoms with Crippen LogP contribution in [0.15, 0.2) is 47.7 Å². The molecule has 0 saturated carbocycles. The van der Waals surface area contributed by atoms with E-state index in [1.807, 2.05) is 23.1 Å². The van der Waals surface area contributed by atoms with Crippen LogP contribution >= 0.6 is 0 Å². The van der Waals surface area contributed by atoms with Crippen LogP contribution < -0.4 is 15.4 Å². The van der Waals surface area contributed by atoms with Gasteiger partial charge >= 0.3 is 0 Å². The lowest BCUT2D eigenvalue weighted by atomic mass is 10.0. The maximum absolute atomic E-state index is 5.34. The molecule has 2 heterocycles. The van der Waals surface area contributed by atoms with Crippen molar-refractivity contribution >= 4 is 5.96 Å². The predicted molar refractivity (Wildman–Crippen MR) is 122 cm³/mol. The molecule has 1 aromatic carbocycles. The molecule has 2 aromatic rings. The number of benzene rings is 1. The Morgan fingerprint density at radius 1 is 1.17 bits per heavy atom. The second-order valence-corrected chi connectivity index (χ2v) is 7.65. The number of nitrogens with one attached hydrogen (secondary N) is 2. The Morgan fingerprint density at radius 3 is 2.63 bits per heavy atom. The molecule has 0 aliphatic carbocycles. The van der Waals surface area contributed by atoms with E-state index >= 15 is 0 Å². The number of hydrogen-bond donors (Lipinski definition) is 2. The third-order valence-electron chi connectivity index (χ3n) is 5.51. The van der Waals surface area contributed by atoms with Gasteiger partial charge in [0.15, 0.2) is 5.96 Å². The number of likely N-dealkylation sites (tertiary alicyclic amines) is 1. The summed E-state index contributed by atoms with van der Waals surface area (Å²) < 4.78 is 7.30. The molecule has 2 N–H and O–H groups in total. The second-order valence-electron chi connectivity index (χ2n) is 7.65. The molecule has 0 amide bonds. The minimum absolute atomic E-state index is 0.288. The van der Waals surface area contributed by atoms with Crippen molar-refractivity contribution in [2.24, 2.45) is 4.99 Å². The van der Waals surface area contributed by atoms with Crippen LogP contribution in [0.5, 0.6) is 5.75 Å². The van der Waals surface area contributed by atoms with Crippen LogP contribution in [0.3, 0.4) is 0 Å². The smallest absolute Gasteiger partial charge is 0.191 e. The minimum Gasteiger partial charge on any atom is -0.497 e. The fourth-order valence-corrected chi connectivity index (χ4v) is 3.89. The highest BCUT2D eigenvalue weighted by molar-refractivity contribution is 5.79. The third kappa shape index (κ3) is 6.76. The summed E-state index contributed by atoms with van der Waals surface area (Å²) in [5, 5.41) is 11.1. The lowest BCUT2D eigenvalue weighted by molar-refractivity contribution is 0.167. The Kier molecular flexibility index (Phi) is 9.03. The lowest BCUT2D eigenvalue weighted by Gasteiger charge is -2.34. The van der Waals surface area contributed by atoms with Gasteiger partial charge in [0.1, 0.15) is 5.75 Å². The van der Waals surface area contributed by atoms with Crippen molar-refractivity contribution in [3.8, 4) is 5.75 Å². The van der Waals surface area contributed by atoms with E-state index in [-0.39, 0.29) is 6.04 Å². The number of ether oxygens (including phenoxy) is 1. The van der Waals surface area contributed by atoms with E-state index in [0.29, 0.717) is 0 Å². The summed E-state index contributed by atoms with van der Waals surface area (Å²) in [4.78, 5) is 7.52. The van der Waals surface area contributed by atoms with Crippen molar-refractivity contribution in [2.45, 2.75) is 45.2 Å². The molecule has 30 heavy (non-hydrogen) atoms. The molecule has 0 spiro atoms. The van der Waals surface area contributed by atoms with E-state index in [1.165, 1.54) is 24.8 Å². The molecule has 1 aromatic heterocycles. The van der Waals surface area contributed by atoms with Gasteiger partial charge < -0.3 is 15.4 Å². The highest BCUT2D eigenvalue weighted by Crippen LogP contribution is 2.26. The number of aliphatic imine (C=N–C) groups is 1. The molecule has 0 bridgehead atoms. The normalized spacial score (nSPS) is 16.3. The zero-order valence-electron chi connectivity index (χ0n) is 18.4. The Bertz CT molecular complexity index is 738. The Labute approximate surface area is 180 Å². The molecule has 1 aliphatic rings. The van der Waals surface area contributed by atoms with Crippen LogP contribution in [0.2, 0.25) is 0 Å². The Morgan fingerprint density at radius 2 is 1.97 bits per heavy atom. The molecule has 1 unspecified atom stereocenters. The first-order valence-corrected chi connectivity index (χ1v) is 11.2. The molecular formula is C23H36N6O. The quantitative estimate of drug-likeness (QED) is 0.357. The highest BCUT2D eigenvalue weighted by atomic mass is 16.5. The Hall–Kier alpha value is -2.54. The summed E-state index contributed by atoms with van der Waals surface area (Å²) in [6, 6.07) is 10.7. The molecule has 1 saturated heterocycles. The maximum Gasteiger partial charge on any atom is 0.191 e. The van der Waals surface area contributed by atoms with Gasteiger partial charge in [0.05, 0.1) is 19.7 Å². The largest absolute Gasteiger partial charge is 0.497 e. The third-order valence-corrected chi connectivity index (χ3v) is 5.51. The summed E-state index contributed by atoms with van der Waals surface area (Å²) in [7, 11) is 1.71. The van der Waals surface area contributed by atoms with Crippen molar-refractivity contribution in [3.05, 3.63) is 48.3 Å². The average Bonchev–Trinajstić information content (AvgIpc) is 3.31. The molecule has 1 atom stereocenters. The van der Waals surface area contributed by atoms with Gasteiger partial charge in [-0.15, -0.1) is 0 Å². The first kappa shape index (κ1) is 22.2. The van der Waals surface area contributed by atoms with E-state index in [1.54, 1.807) is 7.11 Å². The number of rotatable bonds is 10. The number of aromatic nitrogens is 2. The molecule has 1 aliphatic heterocycles. The molecular weight excluding hydrogens is 376 g/mol. The lowest BCUT2D eigenvalue weighted by Crippen LogP contribution is -2.40. The Balaban J connectivity index is 1.62. The standard InChI is InChI=1S/C23H36N6O/c1-3-24-23(25-13-7-17-29-18-8-14-27-29)26-19-22(28-15-5-4-6-16-28)20-9-11-21(30-2)12-10-20/h8-12,14,18,22H,3-7,13,15-17,19H2,1-2H3,(H2,24,25,26). The van der Waals surface area contributed by atoms with Crippen LogP contribution in [0.4, 0.5) is 0 Å². The topological polar surface area (TPSA) is 66.7 Å². The fourth-order valence-electron chi connectivity index (χ4n) is 3.89. The van der Waals surface area contributed by atoms with E-state index < -0.39 is 0 Å². The van der Waals surface area contributed by atoms with Gasteiger partial charge in [-0.2, -0.15) is 5.10 Å². The highest BCUT2D eigenvalue weighted by Gasteiger charge is 2.22. The monoisotopic (exact) mass is 412 g/mol. The van der Waals surface area contributed by atoms with E-state index in [4.69, 9.17) is 9.73 Å². The van der Waals surface area contributed by atoms with Crippen LogP contribution in [0, 0.1) is 0 Å². The summed E-state index contributed by atoms with van der Waals surface area (Å²) in [5.74, 6) is 1.78. The summed E-state index contributed by atoms with van der Waals surface area (Å²) in [6.07, 6.45) is 8.68. The molecule has 0 radical (unpaired) electrons. The molecule has 3 rings (SSSR count). The van der Waals surface area contributed by atoms with Gasteiger partial charge in [0.25, 0.3) is 0 Å². The molecule has 164 valence electrons.